The molecule has 2 unspecified atom stereocenters. The summed E-state index contributed by atoms with van der Waals surface area (Å²) in [4.78, 5) is 17.0. The van der Waals surface area contributed by atoms with E-state index in [1.165, 1.54) is 6.42 Å². The van der Waals surface area contributed by atoms with E-state index in [1.54, 1.807) is 6.08 Å². The first kappa shape index (κ1) is 17.2. The molecule has 2 aliphatic rings. The molecule has 1 saturated heterocycles. The van der Waals surface area contributed by atoms with E-state index in [0.717, 1.165) is 25.1 Å². The lowest BCUT2D eigenvalue weighted by Gasteiger charge is -2.50. The number of benzene rings is 1. The fraction of sp³-hybridized carbons (Fsp3) is 0.550. The zero-order chi connectivity index (χ0) is 17.1. The smallest absolute Gasteiger partial charge is 0.331 e. The highest BCUT2D eigenvalue weighted by molar-refractivity contribution is 5.87. The van der Waals surface area contributed by atoms with Gasteiger partial charge in [-0.05, 0) is 45.6 Å². The van der Waals surface area contributed by atoms with Gasteiger partial charge >= 0.3 is 5.97 Å². The van der Waals surface area contributed by atoms with Crippen molar-refractivity contribution in [3.05, 3.63) is 42.0 Å². The van der Waals surface area contributed by atoms with E-state index in [4.69, 9.17) is 4.74 Å². The summed E-state index contributed by atoms with van der Waals surface area (Å²) in [5, 5.41) is 0. The summed E-state index contributed by atoms with van der Waals surface area (Å²) in [6.07, 6.45) is 5.76. The Bertz CT molecular complexity index is 585. The Hall–Kier alpha value is -1.65. The van der Waals surface area contributed by atoms with Gasteiger partial charge in [0.2, 0.25) is 0 Å². The maximum Gasteiger partial charge on any atom is 0.331 e. The molecule has 0 aromatic heterocycles. The minimum atomic E-state index is -0.220. The molecule has 4 heteroatoms. The van der Waals surface area contributed by atoms with Crippen molar-refractivity contribution in [3.8, 4) is 0 Å². The lowest BCUT2D eigenvalue weighted by Crippen LogP contribution is -2.59. The summed E-state index contributed by atoms with van der Waals surface area (Å²) in [5.74, 6) is 0.633. The van der Waals surface area contributed by atoms with Gasteiger partial charge in [-0.1, -0.05) is 30.3 Å². The molecular formula is C20H28N2O2. The molecule has 3 rings (SSSR count). The molecule has 1 aromatic carbocycles. The normalized spacial score (nSPS) is 30.7. The Labute approximate surface area is 145 Å². The number of ether oxygens (including phenoxy) is 1. The molecule has 1 heterocycles. The molecule has 130 valence electrons. The van der Waals surface area contributed by atoms with Gasteiger partial charge in [0, 0.05) is 37.0 Å². The SMILES string of the molecule is CN1CC2CC[C@@H](N(C)C)C(C1)[C@@H]2OC(=O)C=Cc1ccccc1. The van der Waals surface area contributed by atoms with Crippen LogP contribution in [0.2, 0.25) is 0 Å². The van der Waals surface area contributed by atoms with Crippen molar-refractivity contribution in [1.29, 1.82) is 0 Å². The molecule has 1 aromatic rings. The van der Waals surface area contributed by atoms with Crippen molar-refractivity contribution in [2.45, 2.75) is 25.0 Å². The molecule has 0 spiro atoms. The summed E-state index contributed by atoms with van der Waals surface area (Å²) in [6, 6.07) is 10.4. The van der Waals surface area contributed by atoms with Crippen LogP contribution >= 0.6 is 0 Å². The van der Waals surface area contributed by atoms with E-state index in [-0.39, 0.29) is 12.1 Å². The molecular weight excluding hydrogens is 300 g/mol. The second-order valence-electron chi connectivity index (χ2n) is 7.40. The van der Waals surface area contributed by atoms with Crippen LogP contribution in [0.3, 0.4) is 0 Å². The Kier molecular flexibility index (Phi) is 5.36. The predicted molar refractivity (Wildman–Crippen MR) is 96.5 cm³/mol. The van der Waals surface area contributed by atoms with Gasteiger partial charge in [0.1, 0.15) is 6.10 Å². The topological polar surface area (TPSA) is 32.8 Å². The monoisotopic (exact) mass is 328 g/mol. The van der Waals surface area contributed by atoms with Gasteiger partial charge in [-0.25, -0.2) is 4.79 Å². The first-order chi connectivity index (χ1) is 11.5. The van der Waals surface area contributed by atoms with Gasteiger partial charge in [-0.3, -0.25) is 0 Å². The third-order valence-electron chi connectivity index (χ3n) is 5.41. The zero-order valence-electron chi connectivity index (χ0n) is 14.9. The maximum atomic E-state index is 12.3. The quantitative estimate of drug-likeness (QED) is 0.628. The molecule has 24 heavy (non-hydrogen) atoms. The minimum Gasteiger partial charge on any atom is -0.458 e. The van der Waals surface area contributed by atoms with Crippen molar-refractivity contribution in [2.75, 3.05) is 34.2 Å². The number of hydrogen-bond donors (Lipinski definition) is 0. The third-order valence-corrected chi connectivity index (χ3v) is 5.41. The van der Waals surface area contributed by atoms with E-state index in [2.05, 4.69) is 30.9 Å². The second kappa shape index (κ2) is 7.49. The molecule has 0 amide bonds. The molecule has 1 aliphatic carbocycles. The molecule has 2 bridgehead atoms. The van der Waals surface area contributed by atoms with E-state index in [1.807, 2.05) is 36.4 Å². The number of esters is 1. The van der Waals surface area contributed by atoms with E-state index >= 15 is 0 Å². The minimum absolute atomic E-state index is 0.0373. The Morgan fingerprint density at radius 3 is 2.67 bits per heavy atom. The highest BCUT2D eigenvalue weighted by Crippen LogP contribution is 2.38. The van der Waals surface area contributed by atoms with Gasteiger partial charge in [0.25, 0.3) is 0 Å². The number of piperidine rings is 1. The summed E-state index contributed by atoms with van der Waals surface area (Å²) in [7, 11) is 6.44. The van der Waals surface area contributed by atoms with Gasteiger partial charge in [0.15, 0.2) is 0 Å². The van der Waals surface area contributed by atoms with E-state index in [9.17, 15) is 4.79 Å². The number of rotatable bonds is 4. The number of nitrogens with zero attached hydrogens (tertiary/aromatic N) is 2. The molecule has 0 radical (unpaired) electrons. The molecule has 0 N–H and O–H groups in total. The predicted octanol–water partition coefficient (Wildman–Crippen LogP) is 2.51. The van der Waals surface area contributed by atoms with Crippen LogP contribution in [0, 0.1) is 11.8 Å². The van der Waals surface area contributed by atoms with Crippen molar-refractivity contribution in [2.24, 2.45) is 11.8 Å². The van der Waals surface area contributed by atoms with E-state index < -0.39 is 0 Å². The van der Waals surface area contributed by atoms with Crippen molar-refractivity contribution < 1.29 is 9.53 Å². The van der Waals surface area contributed by atoms with Gasteiger partial charge < -0.3 is 14.5 Å². The maximum absolute atomic E-state index is 12.3. The standard InChI is InChI=1S/C20H28N2O2/c1-21(2)18-11-10-16-13-22(3)14-17(18)20(16)24-19(23)12-9-15-7-5-4-6-8-15/h4-9,12,16-18,20H,10-11,13-14H2,1-3H3/t16?,17?,18-,20-/m1/s1. The molecule has 4 atom stereocenters. The van der Waals surface area contributed by atoms with Crippen molar-refractivity contribution >= 4 is 12.0 Å². The number of hydrogen-bond acceptors (Lipinski definition) is 4. The fourth-order valence-corrected chi connectivity index (χ4v) is 4.31. The lowest BCUT2D eigenvalue weighted by atomic mass is 9.72. The number of fused-ring (bicyclic) bond motifs is 2. The highest BCUT2D eigenvalue weighted by Gasteiger charge is 2.46. The highest BCUT2D eigenvalue weighted by atomic mass is 16.5. The first-order valence-corrected chi connectivity index (χ1v) is 8.83. The number of carbonyl (C=O) groups excluding carboxylic acids is 1. The van der Waals surface area contributed by atoms with Gasteiger partial charge in [-0.2, -0.15) is 0 Å². The molecule has 2 fully saturated rings. The molecule has 4 nitrogen and oxygen atoms in total. The van der Waals surface area contributed by atoms with E-state index in [0.29, 0.717) is 17.9 Å². The largest absolute Gasteiger partial charge is 0.458 e. The Morgan fingerprint density at radius 2 is 1.96 bits per heavy atom. The van der Waals surface area contributed by atoms with Crippen LogP contribution in [0.25, 0.3) is 6.08 Å². The summed E-state index contributed by atoms with van der Waals surface area (Å²) < 4.78 is 5.93. The summed E-state index contributed by atoms with van der Waals surface area (Å²) in [6.45, 7) is 2.02. The van der Waals surface area contributed by atoms with Crippen LogP contribution in [0.5, 0.6) is 0 Å². The van der Waals surface area contributed by atoms with Gasteiger partial charge in [0.05, 0.1) is 0 Å². The number of carbonyl (C=O) groups is 1. The van der Waals surface area contributed by atoms with Crippen LogP contribution in [0.1, 0.15) is 18.4 Å². The van der Waals surface area contributed by atoms with Crippen LogP contribution < -0.4 is 0 Å². The molecule has 1 aliphatic heterocycles. The van der Waals surface area contributed by atoms with Crippen LogP contribution in [-0.2, 0) is 9.53 Å². The average Bonchev–Trinajstić information content (AvgIpc) is 2.54. The second-order valence-corrected chi connectivity index (χ2v) is 7.40. The third kappa shape index (κ3) is 3.87. The molecule has 1 saturated carbocycles. The fourth-order valence-electron chi connectivity index (χ4n) is 4.31. The Balaban J connectivity index is 1.68. The first-order valence-electron chi connectivity index (χ1n) is 8.83. The summed E-state index contributed by atoms with van der Waals surface area (Å²) >= 11 is 0. The van der Waals surface area contributed by atoms with Crippen LogP contribution in [0.4, 0.5) is 0 Å². The average molecular weight is 328 g/mol. The van der Waals surface area contributed by atoms with Crippen molar-refractivity contribution in [1.82, 2.24) is 9.80 Å². The van der Waals surface area contributed by atoms with Crippen molar-refractivity contribution in [3.63, 3.8) is 0 Å². The summed E-state index contributed by atoms with van der Waals surface area (Å²) in [5.41, 5.74) is 1.02. The van der Waals surface area contributed by atoms with Gasteiger partial charge in [-0.15, -0.1) is 0 Å². The lowest BCUT2D eigenvalue weighted by molar-refractivity contribution is -0.161. The Morgan fingerprint density at radius 1 is 1.21 bits per heavy atom. The number of likely N-dealkylation sites (tertiary alicyclic amines) is 1. The zero-order valence-corrected chi connectivity index (χ0v) is 14.9. The van der Waals surface area contributed by atoms with Crippen LogP contribution in [-0.4, -0.2) is 62.1 Å². The van der Waals surface area contributed by atoms with Crippen LogP contribution in [0.15, 0.2) is 36.4 Å².